The van der Waals surface area contributed by atoms with Crippen LogP contribution in [0.15, 0.2) is 30.3 Å². The molecule has 7 heteroatoms. The van der Waals surface area contributed by atoms with Gasteiger partial charge in [-0.2, -0.15) is 8.78 Å². The lowest BCUT2D eigenvalue weighted by atomic mass is 9.79. The van der Waals surface area contributed by atoms with Gasteiger partial charge in [-0.1, -0.05) is 19.8 Å². The third-order valence-corrected chi connectivity index (χ3v) is 4.98. The molecule has 0 aromatic heterocycles. The number of benzene rings is 2. The second kappa shape index (κ2) is 7.44. The van der Waals surface area contributed by atoms with E-state index < -0.39 is 40.7 Å². The van der Waals surface area contributed by atoms with Crippen molar-refractivity contribution >= 4 is 0 Å². The van der Waals surface area contributed by atoms with Gasteiger partial charge < -0.3 is 4.74 Å². The number of hydrogen-bond acceptors (Lipinski definition) is 1. The predicted molar refractivity (Wildman–Crippen MR) is 87.6 cm³/mol. The number of alkyl halides is 2. The average molecular weight is 388 g/mol. The first-order valence-electron chi connectivity index (χ1n) is 8.68. The fourth-order valence-corrected chi connectivity index (χ4v) is 3.44. The van der Waals surface area contributed by atoms with Gasteiger partial charge in [-0.15, -0.1) is 0 Å². The van der Waals surface area contributed by atoms with Crippen LogP contribution in [0, 0.1) is 29.2 Å². The molecule has 0 saturated heterocycles. The number of ether oxygens (including phenoxy) is 1. The van der Waals surface area contributed by atoms with Gasteiger partial charge in [0.15, 0.2) is 11.6 Å². The van der Waals surface area contributed by atoms with Crippen molar-refractivity contribution in [3.63, 3.8) is 0 Å². The third-order valence-electron chi connectivity index (χ3n) is 4.98. The molecule has 1 aliphatic rings. The number of hydrogen-bond donors (Lipinski definition) is 0. The Kier molecular flexibility index (Phi) is 5.40. The molecular formula is C20H18F6O. The van der Waals surface area contributed by atoms with Crippen molar-refractivity contribution in [3.8, 4) is 5.75 Å². The summed E-state index contributed by atoms with van der Waals surface area (Å²) in [5, 5.41) is 0. The zero-order chi connectivity index (χ0) is 19.8. The summed E-state index contributed by atoms with van der Waals surface area (Å²) >= 11 is 0. The quantitative estimate of drug-likeness (QED) is 0.532. The molecule has 1 saturated carbocycles. The lowest BCUT2D eigenvalue weighted by molar-refractivity contribution is -0.189. The summed E-state index contributed by atoms with van der Waals surface area (Å²) in [6.45, 7) is 2.09. The lowest BCUT2D eigenvalue weighted by Crippen LogP contribution is -2.25. The second-order valence-electron chi connectivity index (χ2n) is 7.01. The molecular weight excluding hydrogens is 370 g/mol. The van der Waals surface area contributed by atoms with E-state index in [1.54, 1.807) is 0 Å². The van der Waals surface area contributed by atoms with Gasteiger partial charge in [0.2, 0.25) is 0 Å². The zero-order valence-electron chi connectivity index (χ0n) is 14.5. The van der Waals surface area contributed by atoms with Gasteiger partial charge in [0, 0.05) is 6.07 Å². The molecule has 1 fully saturated rings. The van der Waals surface area contributed by atoms with E-state index in [1.807, 2.05) is 0 Å². The fraction of sp³-hybridized carbons (Fsp3) is 0.400. The van der Waals surface area contributed by atoms with E-state index in [0.717, 1.165) is 43.9 Å². The summed E-state index contributed by atoms with van der Waals surface area (Å²) < 4.78 is 87.6. The van der Waals surface area contributed by atoms with Crippen molar-refractivity contribution in [1.29, 1.82) is 0 Å². The molecule has 27 heavy (non-hydrogen) atoms. The summed E-state index contributed by atoms with van der Waals surface area (Å²) in [5.74, 6) is -5.83. The maximum Gasteiger partial charge on any atom is 0.432 e. The van der Waals surface area contributed by atoms with Crippen molar-refractivity contribution in [2.75, 3.05) is 0 Å². The minimum Gasteiger partial charge on any atom is -0.429 e. The smallest absolute Gasteiger partial charge is 0.429 e. The summed E-state index contributed by atoms with van der Waals surface area (Å²) in [6.07, 6.45) is -1.10. The monoisotopic (exact) mass is 388 g/mol. The maximum absolute atomic E-state index is 14.4. The SMILES string of the molecule is CC1CCC(c2cc(F)c(C(F)(F)Oc3ccc(F)c(F)c3)c(F)c2)CC1. The highest BCUT2D eigenvalue weighted by Crippen LogP contribution is 2.40. The van der Waals surface area contributed by atoms with Crippen LogP contribution in [0.2, 0.25) is 0 Å². The Hall–Kier alpha value is -2.18. The molecule has 0 aliphatic heterocycles. The molecule has 0 atom stereocenters. The van der Waals surface area contributed by atoms with Crippen LogP contribution in [0.1, 0.15) is 49.7 Å². The first-order valence-corrected chi connectivity index (χ1v) is 8.68. The van der Waals surface area contributed by atoms with E-state index in [2.05, 4.69) is 11.7 Å². The minimum absolute atomic E-state index is 0.0833. The zero-order valence-corrected chi connectivity index (χ0v) is 14.5. The van der Waals surface area contributed by atoms with E-state index in [9.17, 15) is 26.3 Å². The van der Waals surface area contributed by atoms with Gasteiger partial charge in [-0.3, -0.25) is 0 Å². The lowest BCUT2D eigenvalue weighted by Gasteiger charge is -2.27. The molecule has 0 radical (unpaired) electrons. The van der Waals surface area contributed by atoms with Crippen LogP contribution in [0.5, 0.6) is 5.75 Å². The number of halogens is 6. The van der Waals surface area contributed by atoms with E-state index in [4.69, 9.17) is 0 Å². The van der Waals surface area contributed by atoms with Gasteiger partial charge in [0.05, 0.1) is 0 Å². The van der Waals surface area contributed by atoms with Gasteiger partial charge >= 0.3 is 6.11 Å². The second-order valence-corrected chi connectivity index (χ2v) is 7.01. The predicted octanol–water partition coefficient (Wildman–Crippen LogP) is 6.67. The fourth-order valence-electron chi connectivity index (χ4n) is 3.44. The normalized spacial score (nSPS) is 20.6. The summed E-state index contributed by atoms with van der Waals surface area (Å²) in [4.78, 5) is 0. The molecule has 0 bridgehead atoms. The molecule has 1 nitrogen and oxygen atoms in total. The molecule has 0 amide bonds. The topological polar surface area (TPSA) is 9.23 Å². The molecule has 2 aromatic carbocycles. The molecule has 3 rings (SSSR count). The Balaban J connectivity index is 1.87. The Bertz CT molecular complexity index is 804. The highest BCUT2D eigenvalue weighted by Gasteiger charge is 2.41. The van der Waals surface area contributed by atoms with E-state index in [0.29, 0.717) is 23.6 Å². The summed E-state index contributed by atoms with van der Waals surface area (Å²) in [5.41, 5.74) is -1.22. The Morgan fingerprint density at radius 1 is 0.815 bits per heavy atom. The Morgan fingerprint density at radius 3 is 1.96 bits per heavy atom. The number of rotatable bonds is 4. The van der Waals surface area contributed by atoms with Gasteiger partial charge in [0.25, 0.3) is 0 Å². The van der Waals surface area contributed by atoms with Crippen molar-refractivity contribution < 1.29 is 31.1 Å². The molecule has 0 unspecified atom stereocenters. The highest BCUT2D eigenvalue weighted by molar-refractivity contribution is 5.32. The highest BCUT2D eigenvalue weighted by atomic mass is 19.3. The van der Waals surface area contributed by atoms with Crippen LogP contribution in [0.3, 0.4) is 0 Å². The van der Waals surface area contributed by atoms with Crippen LogP contribution in [0.25, 0.3) is 0 Å². The van der Waals surface area contributed by atoms with E-state index in [-0.39, 0.29) is 5.92 Å². The largest absolute Gasteiger partial charge is 0.432 e. The Labute approximate surface area is 153 Å². The van der Waals surface area contributed by atoms with Crippen LogP contribution in [-0.4, -0.2) is 0 Å². The van der Waals surface area contributed by atoms with Crippen molar-refractivity contribution in [1.82, 2.24) is 0 Å². The minimum atomic E-state index is -4.39. The van der Waals surface area contributed by atoms with Gasteiger partial charge in [-0.05, 0) is 54.5 Å². The summed E-state index contributed by atoms with van der Waals surface area (Å²) in [6, 6.07) is 3.53. The van der Waals surface area contributed by atoms with Crippen LogP contribution in [0.4, 0.5) is 26.3 Å². The van der Waals surface area contributed by atoms with E-state index >= 15 is 0 Å². The molecule has 2 aromatic rings. The van der Waals surface area contributed by atoms with Crippen LogP contribution >= 0.6 is 0 Å². The molecule has 146 valence electrons. The van der Waals surface area contributed by atoms with Crippen LogP contribution in [-0.2, 0) is 6.11 Å². The van der Waals surface area contributed by atoms with Crippen molar-refractivity contribution in [3.05, 3.63) is 64.7 Å². The molecule has 0 N–H and O–H groups in total. The van der Waals surface area contributed by atoms with Crippen LogP contribution < -0.4 is 4.74 Å². The molecule has 0 heterocycles. The third kappa shape index (κ3) is 4.22. The van der Waals surface area contributed by atoms with Gasteiger partial charge in [-0.25, -0.2) is 17.6 Å². The standard InChI is InChI=1S/C20H18F6O/c1-11-2-4-12(5-3-11)13-8-17(23)19(18(24)9-13)20(25,26)27-14-6-7-15(21)16(22)10-14/h6-12H,2-5H2,1H3. The maximum atomic E-state index is 14.4. The van der Waals surface area contributed by atoms with Crippen molar-refractivity contribution in [2.24, 2.45) is 5.92 Å². The molecule has 1 aliphatic carbocycles. The van der Waals surface area contributed by atoms with Gasteiger partial charge in [0.1, 0.15) is 22.9 Å². The molecule has 0 spiro atoms. The van der Waals surface area contributed by atoms with E-state index in [1.165, 1.54) is 0 Å². The van der Waals surface area contributed by atoms with Crippen molar-refractivity contribution in [2.45, 2.75) is 44.6 Å². The first-order chi connectivity index (χ1) is 12.7. The average Bonchev–Trinajstić information content (AvgIpc) is 2.57. The first kappa shape index (κ1) is 19.6. The Morgan fingerprint density at radius 2 is 1.41 bits per heavy atom. The summed E-state index contributed by atoms with van der Waals surface area (Å²) in [7, 11) is 0.